The number of nitrogen functional groups attached to an aromatic ring is 1. The Morgan fingerprint density at radius 2 is 2.03 bits per heavy atom. The fraction of sp³-hybridized carbons (Fsp3) is 0.227. The number of alkyl halides is 1. The second kappa shape index (κ2) is 9.40. The minimum Gasteiger partial charge on any atom is -0.494 e. The molecule has 1 aliphatic rings. The molecule has 0 aliphatic heterocycles. The Hall–Kier alpha value is -3.04. The number of carbonyl (C=O) groups is 1. The SMILES string of the molecule is COc1ccc([C@H](Sc2cc(OC3(F)C=CC=CC3)ccc2N)[C@@H](O)C(=O)O)cc1F. The number of anilines is 1. The van der Waals surface area contributed by atoms with Crippen molar-refractivity contribution in [2.45, 2.75) is 28.5 Å². The lowest BCUT2D eigenvalue weighted by Crippen LogP contribution is -2.28. The summed E-state index contributed by atoms with van der Waals surface area (Å²) in [6.07, 6.45) is 4.32. The van der Waals surface area contributed by atoms with Gasteiger partial charge in [-0.25, -0.2) is 9.18 Å². The Morgan fingerprint density at radius 3 is 2.65 bits per heavy atom. The summed E-state index contributed by atoms with van der Waals surface area (Å²) in [5.74, 6) is -4.06. The number of halogens is 2. The molecule has 4 N–H and O–H groups in total. The summed E-state index contributed by atoms with van der Waals surface area (Å²) in [5.41, 5.74) is 6.49. The molecule has 2 aromatic carbocycles. The Bertz CT molecular complexity index is 1030. The molecule has 1 aliphatic carbocycles. The van der Waals surface area contributed by atoms with E-state index in [-0.39, 0.29) is 29.2 Å². The van der Waals surface area contributed by atoms with Gasteiger partial charge in [-0.3, -0.25) is 0 Å². The van der Waals surface area contributed by atoms with Crippen molar-refractivity contribution in [1.82, 2.24) is 0 Å². The van der Waals surface area contributed by atoms with Crippen molar-refractivity contribution in [3.63, 3.8) is 0 Å². The van der Waals surface area contributed by atoms with Crippen LogP contribution in [0.25, 0.3) is 0 Å². The van der Waals surface area contributed by atoms with Crippen LogP contribution in [-0.2, 0) is 4.79 Å². The molecule has 3 atom stereocenters. The summed E-state index contributed by atoms with van der Waals surface area (Å²) in [6.45, 7) is 0. The summed E-state index contributed by atoms with van der Waals surface area (Å²) >= 11 is 0.904. The molecule has 0 saturated carbocycles. The maximum absolute atomic E-state index is 14.8. The van der Waals surface area contributed by atoms with Gasteiger partial charge in [-0.05, 0) is 42.0 Å². The number of benzene rings is 2. The number of aliphatic carboxylic acids is 1. The number of carboxylic acids is 1. The molecule has 31 heavy (non-hydrogen) atoms. The van der Waals surface area contributed by atoms with Gasteiger partial charge in [-0.2, -0.15) is 4.39 Å². The van der Waals surface area contributed by atoms with E-state index in [9.17, 15) is 23.8 Å². The maximum atomic E-state index is 14.8. The summed E-state index contributed by atoms with van der Waals surface area (Å²) in [5, 5.41) is 18.5. The standard InChI is InChI=1S/C22H21F2NO5S/c1-29-17-8-5-13(11-15(17)23)20(19(26)21(27)28)31-18-12-14(6-7-16(18)25)30-22(24)9-3-2-4-10-22/h2-9,11-12,19-20,26H,10,25H2,1H3,(H,27,28)/t19-,20+,22?/m1/s1. The molecule has 0 heterocycles. The third-order valence-electron chi connectivity index (χ3n) is 4.56. The number of methoxy groups -OCH3 is 1. The second-order valence-electron chi connectivity index (χ2n) is 6.79. The largest absolute Gasteiger partial charge is 0.494 e. The Morgan fingerprint density at radius 1 is 1.26 bits per heavy atom. The summed E-state index contributed by atoms with van der Waals surface area (Å²) in [6, 6.07) is 8.32. The van der Waals surface area contributed by atoms with Crippen molar-refractivity contribution in [3.05, 3.63) is 72.1 Å². The van der Waals surface area contributed by atoms with Gasteiger partial charge in [0.25, 0.3) is 5.85 Å². The first-order valence-electron chi connectivity index (χ1n) is 9.25. The van der Waals surface area contributed by atoms with Crippen LogP contribution >= 0.6 is 11.8 Å². The molecule has 1 unspecified atom stereocenters. The number of hydrogen-bond acceptors (Lipinski definition) is 6. The van der Waals surface area contributed by atoms with Crippen molar-refractivity contribution in [2.24, 2.45) is 0 Å². The van der Waals surface area contributed by atoms with Crippen LogP contribution in [0.5, 0.6) is 11.5 Å². The highest BCUT2D eigenvalue weighted by molar-refractivity contribution is 7.99. The number of allylic oxidation sites excluding steroid dienone is 2. The van der Waals surface area contributed by atoms with Crippen molar-refractivity contribution < 1.29 is 33.3 Å². The number of carboxylic acid groups (broad SMARTS) is 1. The minimum absolute atomic E-state index is 0.0185. The van der Waals surface area contributed by atoms with Gasteiger partial charge in [-0.15, -0.1) is 11.8 Å². The van der Waals surface area contributed by atoms with Crippen molar-refractivity contribution in [2.75, 3.05) is 12.8 Å². The van der Waals surface area contributed by atoms with Gasteiger partial charge < -0.3 is 25.4 Å². The smallest absolute Gasteiger partial charge is 0.334 e. The van der Waals surface area contributed by atoms with Crippen molar-refractivity contribution >= 4 is 23.4 Å². The third-order valence-corrected chi connectivity index (χ3v) is 5.95. The number of ether oxygens (including phenoxy) is 2. The molecule has 9 heteroatoms. The molecule has 0 fully saturated rings. The molecule has 2 aromatic rings. The molecule has 0 saturated heterocycles. The van der Waals surface area contributed by atoms with E-state index < -0.39 is 29.0 Å². The minimum atomic E-state index is -2.02. The van der Waals surface area contributed by atoms with Crippen LogP contribution in [0.3, 0.4) is 0 Å². The normalized spacial score (nSPS) is 19.6. The Labute approximate surface area is 182 Å². The summed E-state index contributed by atoms with van der Waals surface area (Å²) in [4.78, 5) is 11.8. The van der Waals surface area contributed by atoms with Gasteiger partial charge >= 0.3 is 5.97 Å². The molecule has 0 bridgehead atoms. The van der Waals surface area contributed by atoms with Crippen molar-refractivity contribution in [3.8, 4) is 11.5 Å². The van der Waals surface area contributed by atoms with Gasteiger partial charge in [0.2, 0.25) is 0 Å². The highest BCUT2D eigenvalue weighted by atomic mass is 32.2. The average Bonchev–Trinajstić information content (AvgIpc) is 2.73. The lowest BCUT2D eigenvalue weighted by Gasteiger charge is -2.25. The topological polar surface area (TPSA) is 102 Å². The van der Waals surface area contributed by atoms with E-state index in [1.54, 1.807) is 12.2 Å². The van der Waals surface area contributed by atoms with Gasteiger partial charge in [-0.1, -0.05) is 24.3 Å². The number of nitrogens with two attached hydrogens (primary N) is 1. The highest BCUT2D eigenvalue weighted by Gasteiger charge is 2.31. The summed E-state index contributed by atoms with van der Waals surface area (Å²) in [7, 11) is 1.30. The zero-order valence-corrected chi connectivity index (χ0v) is 17.3. The average molecular weight is 449 g/mol. The fourth-order valence-corrected chi connectivity index (χ4v) is 4.16. The highest BCUT2D eigenvalue weighted by Crippen LogP contribution is 2.43. The molecule has 164 valence electrons. The lowest BCUT2D eigenvalue weighted by atomic mass is 10.1. The maximum Gasteiger partial charge on any atom is 0.334 e. The lowest BCUT2D eigenvalue weighted by molar-refractivity contribution is -0.146. The number of thioether (sulfide) groups is 1. The van der Waals surface area contributed by atoms with Crippen LogP contribution in [0.1, 0.15) is 17.2 Å². The number of aliphatic hydroxyl groups is 1. The van der Waals surface area contributed by atoms with Crippen LogP contribution in [-0.4, -0.2) is 35.3 Å². The van der Waals surface area contributed by atoms with E-state index in [1.807, 2.05) is 0 Å². The molecule has 3 rings (SSSR count). The van der Waals surface area contributed by atoms with E-state index in [1.165, 1.54) is 49.6 Å². The van der Waals surface area contributed by atoms with E-state index >= 15 is 0 Å². The molecule has 0 aromatic heterocycles. The molecule has 0 radical (unpaired) electrons. The Kier molecular flexibility index (Phi) is 6.87. The van der Waals surface area contributed by atoms with E-state index in [2.05, 4.69) is 0 Å². The Balaban J connectivity index is 1.92. The number of rotatable bonds is 8. The van der Waals surface area contributed by atoms with E-state index in [0.717, 1.165) is 17.8 Å². The van der Waals surface area contributed by atoms with Gasteiger partial charge in [0.05, 0.1) is 12.4 Å². The molecular weight excluding hydrogens is 428 g/mol. The molecular formula is C22H21F2NO5S. The zero-order chi connectivity index (χ0) is 22.6. The molecule has 6 nitrogen and oxygen atoms in total. The second-order valence-corrected chi connectivity index (χ2v) is 7.98. The summed E-state index contributed by atoms with van der Waals surface area (Å²) < 4.78 is 39.3. The molecule has 0 amide bonds. The predicted octanol–water partition coefficient (Wildman–Crippen LogP) is 4.26. The van der Waals surface area contributed by atoms with Crippen molar-refractivity contribution in [1.29, 1.82) is 0 Å². The predicted molar refractivity (Wildman–Crippen MR) is 113 cm³/mol. The van der Waals surface area contributed by atoms with Crippen LogP contribution in [0.15, 0.2) is 65.6 Å². The van der Waals surface area contributed by atoms with Crippen LogP contribution in [0.2, 0.25) is 0 Å². The molecule has 0 spiro atoms. The van der Waals surface area contributed by atoms with Crippen LogP contribution < -0.4 is 15.2 Å². The first-order chi connectivity index (χ1) is 14.7. The monoisotopic (exact) mass is 449 g/mol. The number of aliphatic hydroxyl groups excluding tert-OH is 1. The van der Waals surface area contributed by atoms with Crippen LogP contribution in [0, 0.1) is 5.82 Å². The first kappa shape index (κ1) is 22.6. The third kappa shape index (κ3) is 5.36. The first-order valence-corrected chi connectivity index (χ1v) is 10.1. The zero-order valence-electron chi connectivity index (χ0n) is 16.5. The van der Waals surface area contributed by atoms with E-state index in [0.29, 0.717) is 4.90 Å². The number of hydrogen-bond donors (Lipinski definition) is 3. The van der Waals surface area contributed by atoms with Gasteiger partial charge in [0.1, 0.15) is 5.75 Å². The van der Waals surface area contributed by atoms with Gasteiger partial charge in [0, 0.05) is 17.0 Å². The van der Waals surface area contributed by atoms with E-state index in [4.69, 9.17) is 15.2 Å². The quantitative estimate of drug-likeness (QED) is 0.409. The van der Waals surface area contributed by atoms with Gasteiger partial charge in [0.15, 0.2) is 17.7 Å². The van der Waals surface area contributed by atoms with Crippen LogP contribution in [0.4, 0.5) is 14.5 Å². The fourth-order valence-electron chi connectivity index (χ4n) is 2.97.